The molecular formula is C16H14Cl2N2O. The summed E-state index contributed by atoms with van der Waals surface area (Å²) in [4.78, 5) is 4.32. The molecule has 0 bridgehead atoms. The molecule has 0 aliphatic heterocycles. The Morgan fingerprint density at radius 3 is 2.71 bits per heavy atom. The average Bonchev–Trinajstić information content (AvgIpc) is 2.86. The second-order valence-corrected chi connectivity index (χ2v) is 5.81. The number of hydrogen-bond donors (Lipinski definition) is 1. The van der Waals surface area contributed by atoms with E-state index in [1.807, 2.05) is 34.9 Å². The minimum atomic E-state index is -0.514. The number of benzene rings is 2. The lowest BCUT2D eigenvalue weighted by Gasteiger charge is -2.12. The molecule has 3 rings (SSSR count). The Kier molecular flexibility index (Phi) is 4.15. The van der Waals surface area contributed by atoms with E-state index in [4.69, 9.17) is 23.2 Å². The van der Waals surface area contributed by atoms with Gasteiger partial charge in [-0.05, 0) is 29.8 Å². The second-order valence-electron chi connectivity index (χ2n) is 4.99. The molecule has 1 atom stereocenters. The van der Waals surface area contributed by atoms with Crippen LogP contribution >= 0.6 is 23.2 Å². The molecule has 0 aliphatic rings. The molecule has 5 heteroatoms. The summed E-state index contributed by atoms with van der Waals surface area (Å²) in [7, 11) is 0. The highest BCUT2D eigenvalue weighted by Crippen LogP contribution is 2.23. The molecule has 2 aromatic carbocycles. The van der Waals surface area contributed by atoms with Crippen LogP contribution < -0.4 is 0 Å². The van der Waals surface area contributed by atoms with E-state index in [9.17, 15) is 5.11 Å². The molecule has 108 valence electrons. The van der Waals surface area contributed by atoms with Crippen molar-refractivity contribution in [1.29, 1.82) is 0 Å². The van der Waals surface area contributed by atoms with Crippen molar-refractivity contribution in [2.24, 2.45) is 0 Å². The molecule has 0 aliphatic carbocycles. The fraction of sp³-hybridized carbons (Fsp3) is 0.188. The Morgan fingerprint density at radius 1 is 1.10 bits per heavy atom. The summed E-state index contributed by atoms with van der Waals surface area (Å²) in [5, 5.41) is 11.3. The van der Waals surface area contributed by atoms with E-state index >= 15 is 0 Å². The Morgan fingerprint density at radius 2 is 1.90 bits per heavy atom. The van der Waals surface area contributed by atoms with Crippen LogP contribution in [0.3, 0.4) is 0 Å². The van der Waals surface area contributed by atoms with Crippen LogP contribution in [0.5, 0.6) is 0 Å². The number of nitrogens with zero attached hydrogens (tertiary/aromatic N) is 2. The van der Waals surface area contributed by atoms with Crippen LogP contribution in [0.4, 0.5) is 0 Å². The zero-order valence-corrected chi connectivity index (χ0v) is 12.7. The Hall–Kier alpha value is -1.55. The second kappa shape index (κ2) is 6.06. The maximum Gasteiger partial charge on any atom is 0.0959 e. The predicted molar refractivity (Wildman–Crippen MR) is 85.9 cm³/mol. The summed E-state index contributed by atoms with van der Waals surface area (Å²) in [6.45, 7) is 0.487. The number of para-hydroxylation sites is 2. The van der Waals surface area contributed by atoms with Gasteiger partial charge in [-0.3, -0.25) is 0 Å². The third-order valence-corrected chi connectivity index (χ3v) is 4.13. The lowest BCUT2D eigenvalue weighted by molar-refractivity contribution is 0.155. The van der Waals surface area contributed by atoms with E-state index in [1.54, 1.807) is 18.5 Å². The lowest BCUT2D eigenvalue weighted by atomic mass is 10.1. The third-order valence-electron chi connectivity index (χ3n) is 3.39. The molecule has 21 heavy (non-hydrogen) atoms. The molecule has 3 nitrogen and oxygen atoms in total. The van der Waals surface area contributed by atoms with Gasteiger partial charge in [-0.15, -0.1) is 0 Å². The molecule has 1 unspecified atom stereocenters. The molecule has 0 fully saturated rings. The Labute approximate surface area is 132 Å². The lowest BCUT2D eigenvalue weighted by Crippen LogP contribution is -2.18. The number of aliphatic hydroxyl groups excluding tert-OH is 1. The van der Waals surface area contributed by atoms with Crippen molar-refractivity contribution in [1.82, 2.24) is 9.55 Å². The van der Waals surface area contributed by atoms with Crippen molar-refractivity contribution < 1.29 is 5.11 Å². The number of imidazole rings is 1. The molecule has 1 aromatic heterocycles. The maximum atomic E-state index is 10.3. The predicted octanol–water partition coefficient (Wildman–Crippen LogP) is 3.95. The first-order chi connectivity index (χ1) is 10.1. The molecule has 1 N–H and O–H groups in total. The van der Waals surface area contributed by atoms with E-state index < -0.39 is 6.10 Å². The van der Waals surface area contributed by atoms with Crippen molar-refractivity contribution in [2.45, 2.75) is 19.1 Å². The van der Waals surface area contributed by atoms with Gasteiger partial charge in [0.25, 0.3) is 0 Å². The van der Waals surface area contributed by atoms with Gasteiger partial charge in [-0.25, -0.2) is 4.98 Å². The van der Waals surface area contributed by atoms with E-state index in [-0.39, 0.29) is 0 Å². The summed E-state index contributed by atoms with van der Waals surface area (Å²) in [6.07, 6.45) is 1.76. The van der Waals surface area contributed by atoms with Gasteiger partial charge in [0.15, 0.2) is 0 Å². The molecule has 3 aromatic rings. The summed E-state index contributed by atoms with van der Waals surface area (Å²) in [5.74, 6) is 0. The standard InChI is InChI=1S/C16H14Cl2N2O/c17-13-6-5-11(8-14(13)18)7-12(21)9-20-10-19-15-3-1-2-4-16(15)20/h1-6,8,10,12,21H,7,9H2. The maximum absolute atomic E-state index is 10.3. The van der Waals surface area contributed by atoms with Crippen molar-refractivity contribution in [3.05, 3.63) is 64.4 Å². The van der Waals surface area contributed by atoms with Crippen LogP contribution in [0.2, 0.25) is 10.0 Å². The molecular weight excluding hydrogens is 307 g/mol. The van der Waals surface area contributed by atoms with Gasteiger partial charge < -0.3 is 9.67 Å². The highest BCUT2D eigenvalue weighted by molar-refractivity contribution is 6.42. The van der Waals surface area contributed by atoms with E-state index in [2.05, 4.69) is 4.98 Å². The monoisotopic (exact) mass is 320 g/mol. The van der Waals surface area contributed by atoms with Crippen LogP contribution in [0, 0.1) is 0 Å². The van der Waals surface area contributed by atoms with Gasteiger partial charge >= 0.3 is 0 Å². The number of rotatable bonds is 4. The summed E-state index contributed by atoms with van der Waals surface area (Å²) in [5.41, 5.74) is 2.91. The zero-order valence-electron chi connectivity index (χ0n) is 11.2. The van der Waals surface area contributed by atoms with Gasteiger partial charge in [0, 0.05) is 6.42 Å². The quantitative estimate of drug-likeness (QED) is 0.790. The van der Waals surface area contributed by atoms with E-state index in [0.29, 0.717) is 23.0 Å². The van der Waals surface area contributed by atoms with Gasteiger partial charge in [0.1, 0.15) is 0 Å². The van der Waals surface area contributed by atoms with Crippen LogP contribution in [0.15, 0.2) is 48.8 Å². The third kappa shape index (κ3) is 3.21. The summed E-state index contributed by atoms with van der Waals surface area (Å²) < 4.78 is 1.96. The van der Waals surface area contributed by atoms with Crippen molar-refractivity contribution in [2.75, 3.05) is 0 Å². The largest absolute Gasteiger partial charge is 0.391 e. The molecule has 0 amide bonds. The Bertz CT molecular complexity index is 770. The SMILES string of the molecule is OC(Cc1ccc(Cl)c(Cl)c1)Cn1cnc2ccccc21. The average molecular weight is 321 g/mol. The topological polar surface area (TPSA) is 38.0 Å². The summed E-state index contributed by atoms with van der Waals surface area (Å²) in [6, 6.07) is 13.3. The number of hydrogen-bond acceptors (Lipinski definition) is 2. The number of aliphatic hydroxyl groups is 1. The number of aromatic nitrogens is 2. The normalized spacial score (nSPS) is 12.7. The van der Waals surface area contributed by atoms with Gasteiger partial charge in [0.2, 0.25) is 0 Å². The van der Waals surface area contributed by atoms with Crippen LogP contribution in [-0.2, 0) is 13.0 Å². The van der Waals surface area contributed by atoms with Crippen molar-refractivity contribution in [3.8, 4) is 0 Å². The molecule has 0 saturated carbocycles. The first-order valence-corrected chi connectivity index (χ1v) is 7.41. The smallest absolute Gasteiger partial charge is 0.0959 e. The van der Waals surface area contributed by atoms with Gasteiger partial charge in [-0.1, -0.05) is 41.4 Å². The fourth-order valence-electron chi connectivity index (χ4n) is 2.39. The highest BCUT2D eigenvalue weighted by Gasteiger charge is 2.10. The van der Waals surface area contributed by atoms with E-state index in [1.165, 1.54) is 0 Å². The molecule has 0 radical (unpaired) electrons. The van der Waals surface area contributed by atoms with Gasteiger partial charge in [0.05, 0.1) is 40.1 Å². The van der Waals surface area contributed by atoms with Crippen molar-refractivity contribution >= 4 is 34.2 Å². The number of fused-ring (bicyclic) bond motifs is 1. The van der Waals surface area contributed by atoms with E-state index in [0.717, 1.165) is 16.6 Å². The van der Waals surface area contributed by atoms with Crippen LogP contribution in [-0.4, -0.2) is 20.8 Å². The van der Waals surface area contributed by atoms with Crippen LogP contribution in [0.25, 0.3) is 11.0 Å². The highest BCUT2D eigenvalue weighted by atomic mass is 35.5. The first kappa shape index (κ1) is 14.4. The van der Waals surface area contributed by atoms with Crippen molar-refractivity contribution in [3.63, 3.8) is 0 Å². The first-order valence-electron chi connectivity index (χ1n) is 6.65. The summed E-state index contributed by atoms with van der Waals surface area (Å²) >= 11 is 11.9. The molecule has 1 heterocycles. The molecule has 0 saturated heterocycles. The van der Waals surface area contributed by atoms with Gasteiger partial charge in [-0.2, -0.15) is 0 Å². The minimum Gasteiger partial charge on any atom is -0.391 e. The zero-order chi connectivity index (χ0) is 14.8. The fourth-order valence-corrected chi connectivity index (χ4v) is 2.71. The Balaban J connectivity index is 1.74. The minimum absolute atomic E-state index is 0.487. The number of halogens is 2. The van der Waals surface area contributed by atoms with Crippen LogP contribution in [0.1, 0.15) is 5.56 Å². The molecule has 0 spiro atoms.